The molecule has 0 spiro atoms. The second-order valence-corrected chi connectivity index (χ2v) is 9.31. The highest BCUT2D eigenvalue weighted by molar-refractivity contribution is 9.10. The second-order valence-electron chi connectivity index (χ2n) is 8.40. The quantitative estimate of drug-likeness (QED) is 0.440. The van der Waals surface area contributed by atoms with Crippen LogP contribution in [0.4, 0.5) is 0 Å². The van der Waals surface area contributed by atoms with Gasteiger partial charge in [-0.3, -0.25) is 4.79 Å². The van der Waals surface area contributed by atoms with Crippen LogP contribution >= 0.6 is 15.9 Å². The van der Waals surface area contributed by atoms with E-state index in [0.717, 1.165) is 28.4 Å². The zero-order chi connectivity index (χ0) is 21.1. The fourth-order valence-corrected chi connectivity index (χ4v) is 4.98. The molecule has 0 bridgehead atoms. The Morgan fingerprint density at radius 3 is 2.73 bits per heavy atom. The zero-order valence-electron chi connectivity index (χ0n) is 17.4. The van der Waals surface area contributed by atoms with Gasteiger partial charge in [0.1, 0.15) is 6.61 Å². The molecule has 30 heavy (non-hydrogen) atoms. The normalized spacial score (nSPS) is 24.9. The molecule has 0 aromatic heterocycles. The van der Waals surface area contributed by atoms with E-state index in [1.807, 2.05) is 42.5 Å². The SMILES string of the molecule is COc1cc(/C=N\NC(=O)[C@@H]2[C@H]3CCCC[C@@]32C)ccc1OCc1ccc(Br)cc1. The predicted molar refractivity (Wildman–Crippen MR) is 121 cm³/mol. The summed E-state index contributed by atoms with van der Waals surface area (Å²) in [5, 5.41) is 4.17. The molecule has 0 radical (unpaired) electrons. The van der Waals surface area contributed by atoms with E-state index in [1.54, 1.807) is 13.3 Å². The molecule has 2 aliphatic rings. The second kappa shape index (κ2) is 8.80. The maximum absolute atomic E-state index is 12.5. The summed E-state index contributed by atoms with van der Waals surface area (Å²) in [5.41, 5.74) is 4.83. The van der Waals surface area contributed by atoms with Crippen LogP contribution in [0.2, 0.25) is 0 Å². The summed E-state index contributed by atoms with van der Waals surface area (Å²) >= 11 is 3.43. The number of hydrazone groups is 1. The zero-order valence-corrected chi connectivity index (χ0v) is 18.9. The largest absolute Gasteiger partial charge is 0.493 e. The van der Waals surface area contributed by atoms with Gasteiger partial charge < -0.3 is 9.47 Å². The van der Waals surface area contributed by atoms with Crippen LogP contribution in [0.25, 0.3) is 0 Å². The van der Waals surface area contributed by atoms with E-state index in [4.69, 9.17) is 9.47 Å². The van der Waals surface area contributed by atoms with Crippen molar-refractivity contribution in [1.82, 2.24) is 5.43 Å². The first kappa shape index (κ1) is 20.9. The van der Waals surface area contributed by atoms with Crippen molar-refractivity contribution in [2.75, 3.05) is 7.11 Å². The number of amides is 1. The molecule has 158 valence electrons. The molecule has 5 nitrogen and oxygen atoms in total. The topological polar surface area (TPSA) is 59.9 Å². The minimum Gasteiger partial charge on any atom is -0.493 e. The van der Waals surface area contributed by atoms with Crippen molar-refractivity contribution in [2.45, 2.75) is 39.2 Å². The standard InChI is InChI=1S/C24H27BrN2O3/c1-24-12-4-3-5-19(24)22(24)23(28)27-26-14-17-8-11-20(21(13-17)29-2)30-15-16-6-9-18(25)10-7-16/h6-11,13-14,19,22H,3-5,12,15H2,1-2H3,(H,27,28)/b26-14-/t19-,22+,24+/m1/s1. The average Bonchev–Trinajstić information content (AvgIpc) is 3.39. The summed E-state index contributed by atoms with van der Waals surface area (Å²) in [5.74, 6) is 1.98. The number of nitrogens with one attached hydrogen (secondary N) is 1. The van der Waals surface area contributed by atoms with E-state index in [9.17, 15) is 4.79 Å². The Bertz CT molecular complexity index is 944. The first-order chi connectivity index (χ1) is 14.5. The van der Waals surface area contributed by atoms with Crippen molar-refractivity contribution in [3.63, 3.8) is 0 Å². The highest BCUT2D eigenvalue weighted by atomic mass is 79.9. The minimum absolute atomic E-state index is 0.0436. The van der Waals surface area contributed by atoms with Crippen LogP contribution in [0, 0.1) is 17.3 Å². The van der Waals surface area contributed by atoms with Gasteiger partial charge in [0.25, 0.3) is 0 Å². The molecule has 2 fully saturated rings. The van der Waals surface area contributed by atoms with E-state index >= 15 is 0 Å². The van der Waals surface area contributed by atoms with E-state index in [0.29, 0.717) is 24.0 Å². The molecule has 0 unspecified atom stereocenters. The Morgan fingerprint density at radius 1 is 1.23 bits per heavy atom. The Morgan fingerprint density at radius 2 is 2.03 bits per heavy atom. The van der Waals surface area contributed by atoms with Gasteiger partial charge in [0.15, 0.2) is 11.5 Å². The molecule has 2 saturated carbocycles. The molecule has 4 rings (SSSR count). The molecule has 6 heteroatoms. The van der Waals surface area contributed by atoms with Crippen molar-refractivity contribution in [3.8, 4) is 11.5 Å². The maximum Gasteiger partial charge on any atom is 0.244 e. The number of carbonyl (C=O) groups is 1. The molecule has 0 heterocycles. The first-order valence-corrected chi connectivity index (χ1v) is 11.2. The predicted octanol–water partition coefficient (Wildman–Crippen LogP) is 5.31. The monoisotopic (exact) mass is 470 g/mol. The van der Waals surface area contributed by atoms with Gasteiger partial charge in [-0.2, -0.15) is 5.10 Å². The number of halogens is 1. The molecule has 1 N–H and O–H groups in total. The number of rotatable bonds is 7. The third-order valence-electron chi connectivity index (χ3n) is 6.50. The molecule has 2 aromatic rings. The number of nitrogens with zero attached hydrogens (tertiary/aromatic N) is 1. The van der Waals surface area contributed by atoms with Crippen molar-refractivity contribution >= 4 is 28.1 Å². The average molecular weight is 471 g/mol. The van der Waals surface area contributed by atoms with Crippen LogP contribution in [0.3, 0.4) is 0 Å². The van der Waals surface area contributed by atoms with E-state index in [2.05, 4.69) is 33.4 Å². The van der Waals surface area contributed by atoms with Crippen LogP contribution < -0.4 is 14.9 Å². The summed E-state index contributed by atoms with van der Waals surface area (Å²) in [6.07, 6.45) is 6.43. The van der Waals surface area contributed by atoms with Gasteiger partial charge in [-0.15, -0.1) is 0 Å². The van der Waals surface area contributed by atoms with E-state index in [-0.39, 0.29) is 17.2 Å². The lowest BCUT2D eigenvalue weighted by Crippen LogP contribution is -2.22. The summed E-state index contributed by atoms with van der Waals surface area (Å²) in [4.78, 5) is 12.5. The lowest BCUT2D eigenvalue weighted by atomic mass is 9.90. The third kappa shape index (κ3) is 4.38. The van der Waals surface area contributed by atoms with E-state index < -0.39 is 0 Å². The van der Waals surface area contributed by atoms with Gasteiger partial charge in [0, 0.05) is 10.4 Å². The minimum atomic E-state index is 0.0436. The lowest BCUT2D eigenvalue weighted by Gasteiger charge is -2.15. The van der Waals surface area contributed by atoms with Gasteiger partial charge in [-0.05, 0) is 65.6 Å². The summed E-state index contributed by atoms with van der Waals surface area (Å²) in [7, 11) is 1.61. The Labute approximate surface area is 186 Å². The number of fused-ring (bicyclic) bond motifs is 1. The van der Waals surface area contributed by atoms with Crippen LogP contribution in [0.15, 0.2) is 52.0 Å². The summed E-state index contributed by atoms with van der Waals surface area (Å²) in [6.45, 7) is 2.69. The van der Waals surface area contributed by atoms with Crippen LogP contribution in [-0.4, -0.2) is 19.2 Å². The maximum atomic E-state index is 12.5. The number of hydrogen-bond acceptors (Lipinski definition) is 4. The van der Waals surface area contributed by atoms with Gasteiger partial charge >= 0.3 is 0 Å². The molecule has 2 aromatic carbocycles. The molecule has 3 atom stereocenters. The van der Waals surface area contributed by atoms with Crippen molar-refractivity contribution in [2.24, 2.45) is 22.4 Å². The number of ether oxygens (including phenoxy) is 2. The Kier molecular flexibility index (Phi) is 6.14. The van der Waals surface area contributed by atoms with Gasteiger partial charge in [0.05, 0.1) is 13.3 Å². The van der Waals surface area contributed by atoms with Crippen molar-refractivity contribution < 1.29 is 14.3 Å². The Balaban J connectivity index is 1.34. The van der Waals surface area contributed by atoms with Crippen LogP contribution in [0.5, 0.6) is 11.5 Å². The highest BCUT2D eigenvalue weighted by Gasteiger charge is 2.64. The van der Waals surface area contributed by atoms with Crippen LogP contribution in [0.1, 0.15) is 43.7 Å². The first-order valence-electron chi connectivity index (χ1n) is 10.4. The van der Waals surface area contributed by atoms with Gasteiger partial charge in [0.2, 0.25) is 5.91 Å². The summed E-state index contributed by atoms with van der Waals surface area (Å²) < 4.78 is 12.4. The molecular weight excluding hydrogens is 444 g/mol. The van der Waals surface area contributed by atoms with Crippen molar-refractivity contribution in [1.29, 1.82) is 0 Å². The highest BCUT2D eigenvalue weighted by Crippen LogP contribution is 2.66. The third-order valence-corrected chi connectivity index (χ3v) is 7.03. The number of carbonyl (C=O) groups excluding carboxylic acids is 1. The fourth-order valence-electron chi connectivity index (χ4n) is 4.72. The number of hydrogen-bond donors (Lipinski definition) is 1. The van der Waals surface area contributed by atoms with Crippen molar-refractivity contribution in [3.05, 3.63) is 58.1 Å². The summed E-state index contributed by atoms with van der Waals surface area (Å²) in [6, 6.07) is 13.6. The molecule has 1 amide bonds. The van der Waals surface area contributed by atoms with Crippen LogP contribution in [-0.2, 0) is 11.4 Å². The number of benzene rings is 2. The Hall–Kier alpha value is -2.34. The number of methoxy groups -OCH3 is 1. The van der Waals surface area contributed by atoms with Gasteiger partial charge in [-0.1, -0.05) is 47.8 Å². The fraction of sp³-hybridized carbons (Fsp3) is 0.417. The van der Waals surface area contributed by atoms with Gasteiger partial charge in [-0.25, -0.2) is 5.43 Å². The molecule has 2 aliphatic carbocycles. The molecular formula is C24H27BrN2O3. The molecule has 0 aliphatic heterocycles. The van der Waals surface area contributed by atoms with E-state index in [1.165, 1.54) is 12.8 Å². The lowest BCUT2D eigenvalue weighted by molar-refractivity contribution is -0.123. The molecule has 0 saturated heterocycles. The smallest absolute Gasteiger partial charge is 0.244 e.